The molecule has 0 aromatic heterocycles. The highest BCUT2D eigenvalue weighted by molar-refractivity contribution is 9.11. The first kappa shape index (κ1) is 12.2. The van der Waals surface area contributed by atoms with Crippen LogP contribution >= 0.6 is 31.9 Å². The number of benzene rings is 1. The fourth-order valence-corrected chi connectivity index (χ4v) is 2.17. The van der Waals surface area contributed by atoms with E-state index in [4.69, 9.17) is 0 Å². The average molecular weight is 321 g/mol. The van der Waals surface area contributed by atoms with E-state index in [1.807, 2.05) is 0 Å². The van der Waals surface area contributed by atoms with Gasteiger partial charge in [-0.15, -0.1) is 0 Å². The Kier molecular flexibility index (Phi) is 5.13. The van der Waals surface area contributed by atoms with Crippen LogP contribution in [0.5, 0.6) is 0 Å². The third kappa shape index (κ3) is 4.11. The van der Waals surface area contributed by atoms with Gasteiger partial charge < -0.3 is 4.90 Å². The van der Waals surface area contributed by atoms with E-state index in [2.05, 4.69) is 69.1 Å². The van der Waals surface area contributed by atoms with Crippen LogP contribution in [0.1, 0.15) is 12.0 Å². The van der Waals surface area contributed by atoms with Crippen molar-refractivity contribution in [3.8, 4) is 0 Å². The summed E-state index contributed by atoms with van der Waals surface area (Å²) in [4.78, 5) is 2.21. The Morgan fingerprint density at radius 3 is 2.57 bits per heavy atom. The van der Waals surface area contributed by atoms with Gasteiger partial charge in [0.25, 0.3) is 0 Å². The summed E-state index contributed by atoms with van der Waals surface area (Å²) in [6.45, 7) is 1.14. The second kappa shape index (κ2) is 5.89. The number of aryl methyl sites for hydroxylation is 1. The van der Waals surface area contributed by atoms with Crippen molar-refractivity contribution in [1.29, 1.82) is 0 Å². The maximum atomic E-state index is 3.56. The van der Waals surface area contributed by atoms with Gasteiger partial charge in [-0.25, -0.2) is 0 Å². The third-order valence-electron chi connectivity index (χ3n) is 2.06. The lowest BCUT2D eigenvalue weighted by atomic mass is 10.1. The van der Waals surface area contributed by atoms with E-state index in [1.165, 1.54) is 16.5 Å². The first-order chi connectivity index (χ1) is 6.59. The van der Waals surface area contributed by atoms with Gasteiger partial charge >= 0.3 is 0 Å². The highest BCUT2D eigenvalue weighted by atomic mass is 79.9. The summed E-state index contributed by atoms with van der Waals surface area (Å²) >= 11 is 7.05. The Labute approximate surface area is 103 Å². The van der Waals surface area contributed by atoms with Gasteiger partial charge in [0.2, 0.25) is 0 Å². The van der Waals surface area contributed by atoms with E-state index < -0.39 is 0 Å². The lowest BCUT2D eigenvalue weighted by Gasteiger charge is -2.10. The molecule has 1 aromatic rings. The van der Waals surface area contributed by atoms with E-state index in [1.54, 1.807) is 0 Å². The molecule has 0 N–H and O–H groups in total. The summed E-state index contributed by atoms with van der Waals surface area (Å²) in [5.74, 6) is 0. The van der Waals surface area contributed by atoms with Crippen LogP contribution in [0.4, 0.5) is 0 Å². The van der Waals surface area contributed by atoms with Crippen LogP contribution < -0.4 is 0 Å². The molecule has 1 nitrogen and oxygen atoms in total. The van der Waals surface area contributed by atoms with Crippen LogP contribution in [0.15, 0.2) is 27.1 Å². The van der Waals surface area contributed by atoms with Crippen molar-refractivity contribution in [1.82, 2.24) is 4.90 Å². The van der Waals surface area contributed by atoms with Gasteiger partial charge in [-0.2, -0.15) is 0 Å². The summed E-state index contributed by atoms with van der Waals surface area (Å²) in [5, 5.41) is 0. The molecule has 0 aliphatic rings. The van der Waals surface area contributed by atoms with Gasteiger partial charge in [0, 0.05) is 8.95 Å². The molecule has 0 saturated heterocycles. The second-order valence-corrected chi connectivity index (χ2v) is 5.41. The molecule has 0 fully saturated rings. The zero-order chi connectivity index (χ0) is 10.6. The minimum Gasteiger partial charge on any atom is -0.309 e. The van der Waals surface area contributed by atoms with Crippen molar-refractivity contribution < 1.29 is 0 Å². The van der Waals surface area contributed by atoms with Gasteiger partial charge in [0.1, 0.15) is 0 Å². The standard InChI is InChI=1S/C11H15Br2N/c1-14(2)7-3-4-9-8-10(12)5-6-11(9)13/h5-6,8H,3-4,7H2,1-2H3. The van der Waals surface area contributed by atoms with Crippen molar-refractivity contribution in [3.05, 3.63) is 32.7 Å². The van der Waals surface area contributed by atoms with Gasteiger partial charge in [-0.05, 0) is 57.2 Å². The molecule has 0 unspecified atom stereocenters. The summed E-state index contributed by atoms with van der Waals surface area (Å²) in [5.41, 5.74) is 1.38. The molecular weight excluding hydrogens is 306 g/mol. The lowest BCUT2D eigenvalue weighted by molar-refractivity contribution is 0.400. The smallest absolute Gasteiger partial charge is 0.0208 e. The van der Waals surface area contributed by atoms with Crippen molar-refractivity contribution in [2.24, 2.45) is 0 Å². The second-order valence-electron chi connectivity index (χ2n) is 3.64. The lowest BCUT2D eigenvalue weighted by Crippen LogP contribution is -2.13. The summed E-state index contributed by atoms with van der Waals surface area (Å²) in [6, 6.07) is 6.33. The molecule has 0 aliphatic heterocycles. The number of nitrogens with zero attached hydrogens (tertiary/aromatic N) is 1. The number of hydrogen-bond donors (Lipinski definition) is 0. The molecule has 3 heteroatoms. The fourth-order valence-electron chi connectivity index (χ4n) is 1.32. The Bertz CT molecular complexity index is 297. The van der Waals surface area contributed by atoms with Crippen LogP contribution in [-0.4, -0.2) is 25.5 Å². The van der Waals surface area contributed by atoms with Crippen molar-refractivity contribution in [2.45, 2.75) is 12.8 Å². The van der Waals surface area contributed by atoms with Crippen LogP contribution in [0, 0.1) is 0 Å². The van der Waals surface area contributed by atoms with Crippen molar-refractivity contribution in [3.63, 3.8) is 0 Å². The van der Waals surface area contributed by atoms with E-state index in [0.717, 1.165) is 17.4 Å². The van der Waals surface area contributed by atoms with E-state index in [9.17, 15) is 0 Å². The first-order valence-corrected chi connectivity index (χ1v) is 6.27. The minimum atomic E-state index is 1.12. The molecule has 0 bridgehead atoms. The number of rotatable bonds is 4. The maximum absolute atomic E-state index is 3.56. The molecule has 0 amide bonds. The van der Waals surface area contributed by atoms with E-state index >= 15 is 0 Å². The zero-order valence-corrected chi connectivity index (χ0v) is 11.7. The molecule has 0 heterocycles. The highest BCUT2D eigenvalue weighted by Gasteiger charge is 2.00. The van der Waals surface area contributed by atoms with E-state index in [-0.39, 0.29) is 0 Å². The fraction of sp³-hybridized carbons (Fsp3) is 0.455. The maximum Gasteiger partial charge on any atom is 0.0208 e. The molecule has 0 radical (unpaired) electrons. The predicted molar refractivity (Wildman–Crippen MR) is 68.7 cm³/mol. The Morgan fingerprint density at radius 2 is 1.93 bits per heavy atom. The average Bonchev–Trinajstić information content (AvgIpc) is 2.10. The van der Waals surface area contributed by atoms with Gasteiger partial charge in [0.15, 0.2) is 0 Å². The number of halogens is 2. The zero-order valence-electron chi connectivity index (χ0n) is 8.56. The Morgan fingerprint density at radius 1 is 1.21 bits per heavy atom. The Hall–Kier alpha value is 0.140. The largest absolute Gasteiger partial charge is 0.309 e. The topological polar surface area (TPSA) is 3.24 Å². The molecule has 0 spiro atoms. The van der Waals surface area contributed by atoms with Crippen LogP contribution in [0.3, 0.4) is 0 Å². The molecule has 1 aromatic carbocycles. The molecule has 0 aliphatic carbocycles. The van der Waals surface area contributed by atoms with Gasteiger partial charge in [-0.3, -0.25) is 0 Å². The van der Waals surface area contributed by atoms with Crippen LogP contribution in [0.2, 0.25) is 0 Å². The normalized spacial score (nSPS) is 10.9. The number of hydrogen-bond acceptors (Lipinski definition) is 1. The predicted octanol–water partition coefficient (Wildman–Crippen LogP) is 3.71. The molecule has 14 heavy (non-hydrogen) atoms. The highest BCUT2D eigenvalue weighted by Crippen LogP contribution is 2.22. The van der Waals surface area contributed by atoms with Crippen LogP contribution in [-0.2, 0) is 6.42 Å². The third-order valence-corrected chi connectivity index (χ3v) is 3.33. The van der Waals surface area contributed by atoms with Crippen LogP contribution in [0.25, 0.3) is 0 Å². The van der Waals surface area contributed by atoms with Gasteiger partial charge in [0.05, 0.1) is 0 Å². The molecule has 0 atom stereocenters. The van der Waals surface area contributed by atoms with Crippen molar-refractivity contribution in [2.75, 3.05) is 20.6 Å². The van der Waals surface area contributed by atoms with Gasteiger partial charge in [-0.1, -0.05) is 31.9 Å². The summed E-state index contributed by atoms with van der Waals surface area (Å²) in [6.07, 6.45) is 2.32. The molecule has 78 valence electrons. The summed E-state index contributed by atoms with van der Waals surface area (Å²) < 4.78 is 2.36. The Balaban J connectivity index is 2.53. The monoisotopic (exact) mass is 319 g/mol. The first-order valence-electron chi connectivity index (χ1n) is 4.68. The minimum absolute atomic E-state index is 1.12. The quantitative estimate of drug-likeness (QED) is 0.817. The molecule has 1 rings (SSSR count). The molecule has 0 saturated carbocycles. The molecular formula is C11H15Br2N. The summed E-state index contributed by atoms with van der Waals surface area (Å²) in [7, 11) is 4.21. The van der Waals surface area contributed by atoms with E-state index in [0.29, 0.717) is 0 Å². The van der Waals surface area contributed by atoms with Crippen molar-refractivity contribution >= 4 is 31.9 Å². The SMILES string of the molecule is CN(C)CCCc1cc(Br)ccc1Br.